The average Bonchev–Trinajstić information content (AvgIpc) is 1.79. The van der Waals surface area contributed by atoms with Crippen molar-refractivity contribution in [3.05, 3.63) is 22.8 Å². The van der Waals surface area contributed by atoms with E-state index >= 15 is 0 Å². The number of rotatable bonds is 0. The maximum absolute atomic E-state index is 3.23. The summed E-state index contributed by atoms with van der Waals surface area (Å²) in [5, 5.41) is 0. The molecule has 0 fully saturated rings. The van der Waals surface area contributed by atoms with Crippen molar-refractivity contribution in [2.45, 2.75) is 13.8 Å². The summed E-state index contributed by atoms with van der Waals surface area (Å²) in [6.45, 7) is 6.63. The van der Waals surface area contributed by atoms with E-state index in [1.54, 1.807) is 0 Å². The second kappa shape index (κ2) is 2.23. The molecule has 50 valence electrons. The van der Waals surface area contributed by atoms with Crippen molar-refractivity contribution in [2.75, 3.05) is 6.66 Å². The van der Waals surface area contributed by atoms with Crippen molar-refractivity contribution in [3.8, 4) is 0 Å². The molecule has 0 unspecified atom stereocenters. The van der Waals surface area contributed by atoms with Crippen LogP contribution in [0.3, 0.4) is 0 Å². The molecule has 9 heavy (non-hydrogen) atoms. The van der Waals surface area contributed by atoms with E-state index in [-0.39, 0.29) is 0 Å². The normalized spacial score (nSPS) is 23.4. The number of hydrogen-bond acceptors (Lipinski definition) is 0. The molecule has 0 atom stereocenters. The molecule has 0 amide bonds. The fourth-order valence-corrected chi connectivity index (χ4v) is 5.02. The molecule has 1 rings (SSSR count). The van der Waals surface area contributed by atoms with Gasteiger partial charge in [0.2, 0.25) is 0 Å². The first kappa shape index (κ1) is 7.54. The van der Waals surface area contributed by atoms with Crippen molar-refractivity contribution in [3.63, 3.8) is 0 Å². The van der Waals surface area contributed by atoms with Gasteiger partial charge in [-0.25, -0.2) is 0 Å². The quantitative estimate of drug-likeness (QED) is 0.421. The van der Waals surface area contributed by atoms with Gasteiger partial charge in [0.25, 0.3) is 0 Å². The summed E-state index contributed by atoms with van der Waals surface area (Å²) in [7, 11) is 0. The van der Waals surface area contributed by atoms with E-state index in [4.69, 9.17) is 0 Å². The summed E-state index contributed by atoms with van der Waals surface area (Å²) in [5.41, 5.74) is 2.04. The van der Waals surface area contributed by atoms with Crippen molar-refractivity contribution in [2.24, 2.45) is 0 Å². The Hall–Kier alpha value is 0.429. The van der Waals surface area contributed by atoms with Crippen LogP contribution in [-0.2, 0) is 0 Å². The summed E-state index contributed by atoms with van der Waals surface area (Å²) >= 11 is 3.23. The molecule has 2 heteroatoms. The van der Waals surface area contributed by atoms with Crippen LogP contribution >= 0.6 is 5.51 Å². The Balaban J connectivity index is 3.11. The second-order valence-electron chi connectivity index (χ2n) is 2.68. The van der Waals surface area contributed by atoms with Crippen LogP contribution in [0.5, 0.6) is 0 Å². The Bertz CT molecular complexity index is 213. The van der Waals surface area contributed by atoms with Gasteiger partial charge in [-0.15, -0.1) is 0 Å². The standard InChI is InChI=1S/C7H11PSe/c1-6-4-8(3,9)5-7(6)2/h4-5H,1-3H3. The van der Waals surface area contributed by atoms with E-state index in [1.165, 1.54) is 11.1 Å². The first-order valence-corrected chi connectivity index (χ1v) is 7.56. The van der Waals surface area contributed by atoms with Crippen LogP contribution in [0, 0.1) is 0 Å². The topological polar surface area (TPSA) is 0 Å². The molecule has 0 radical (unpaired) electrons. The van der Waals surface area contributed by atoms with Gasteiger partial charge in [-0.2, -0.15) is 0 Å². The first-order valence-electron chi connectivity index (χ1n) is 2.97. The Morgan fingerprint density at radius 1 is 1.22 bits per heavy atom. The Labute approximate surface area is 64.3 Å². The first-order chi connectivity index (χ1) is 4.01. The fraction of sp³-hybridized carbons (Fsp3) is 0.429. The van der Waals surface area contributed by atoms with Gasteiger partial charge in [0, 0.05) is 0 Å². The van der Waals surface area contributed by atoms with Gasteiger partial charge in [0.05, 0.1) is 0 Å². The molecule has 0 aromatic heterocycles. The van der Waals surface area contributed by atoms with Gasteiger partial charge in [-0.05, 0) is 0 Å². The summed E-state index contributed by atoms with van der Waals surface area (Å²) in [4.78, 5) is 0. The van der Waals surface area contributed by atoms with Gasteiger partial charge in [0.15, 0.2) is 0 Å². The van der Waals surface area contributed by atoms with Crippen molar-refractivity contribution in [1.82, 2.24) is 0 Å². The van der Waals surface area contributed by atoms with Gasteiger partial charge in [0.1, 0.15) is 0 Å². The summed E-state index contributed by atoms with van der Waals surface area (Å²) < 4.78 is 0. The molecule has 0 aliphatic carbocycles. The van der Waals surface area contributed by atoms with Crippen molar-refractivity contribution < 1.29 is 0 Å². The zero-order valence-electron chi connectivity index (χ0n) is 6.01. The van der Waals surface area contributed by atoms with Crippen LogP contribution < -0.4 is 0 Å². The maximum atomic E-state index is 3.23. The average molecular weight is 205 g/mol. The van der Waals surface area contributed by atoms with E-state index in [9.17, 15) is 0 Å². The third kappa shape index (κ3) is 1.67. The number of allylic oxidation sites excluding steroid dienone is 2. The van der Waals surface area contributed by atoms with Crippen molar-refractivity contribution in [1.29, 1.82) is 0 Å². The van der Waals surface area contributed by atoms with E-state index in [1.807, 2.05) is 0 Å². The van der Waals surface area contributed by atoms with Crippen LogP contribution in [0.1, 0.15) is 13.8 Å². The molecule has 1 aliphatic rings. The molecule has 1 aliphatic heterocycles. The number of hydrogen-bond donors (Lipinski definition) is 0. The van der Waals surface area contributed by atoms with Crippen LogP contribution in [0.4, 0.5) is 0 Å². The van der Waals surface area contributed by atoms with Crippen LogP contribution in [-0.4, -0.2) is 21.8 Å². The second-order valence-corrected chi connectivity index (χ2v) is 10.3. The molecule has 0 nitrogen and oxygen atoms in total. The third-order valence-corrected chi connectivity index (χ3v) is 4.65. The predicted molar refractivity (Wildman–Crippen MR) is 46.1 cm³/mol. The molecule has 0 aromatic rings. The van der Waals surface area contributed by atoms with Crippen molar-refractivity contribution >= 4 is 20.6 Å². The fourth-order valence-electron chi connectivity index (χ4n) is 1.01. The minimum absolute atomic E-state index is 0.855. The Morgan fingerprint density at radius 3 is 1.67 bits per heavy atom. The summed E-state index contributed by atoms with van der Waals surface area (Å²) in [6, 6.07) is 0. The predicted octanol–water partition coefficient (Wildman–Crippen LogP) is 2.54. The monoisotopic (exact) mass is 206 g/mol. The van der Waals surface area contributed by atoms with Crippen LogP contribution in [0.2, 0.25) is 0 Å². The molecular weight excluding hydrogens is 194 g/mol. The summed E-state index contributed by atoms with van der Waals surface area (Å²) in [5.74, 6) is 4.73. The minimum atomic E-state index is -0.855. The molecule has 0 saturated carbocycles. The van der Waals surface area contributed by atoms with Gasteiger partial charge < -0.3 is 0 Å². The molecule has 0 bridgehead atoms. The third-order valence-electron chi connectivity index (χ3n) is 1.52. The van der Waals surface area contributed by atoms with Gasteiger partial charge >= 0.3 is 63.9 Å². The molecule has 0 N–H and O–H groups in total. The summed E-state index contributed by atoms with van der Waals surface area (Å²) in [6.07, 6.45) is 0. The molecule has 0 saturated heterocycles. The Kier molecular flexibility index (Phi) is 1.87. The van der Waals surface area contributed by atoms with Gasteiger partial charge in [-0.3, -0.25) is 0 Å². The molecule has 1 heterocycles. The zero-order chi connectivity index (χ0) is 7.07. The van der Waals surface area contributed by atoms with Crippen LogP contribution in [0.25, 0.3) is 0 Å². The molecule has 0 aromatic carbocycles. The molecule has 0 spiro atoms. The van der Waals surface area contributed by atoms with Gasteiger partial charge in [-0.1, -0.05) is 0 Å². The zero-order valence-corrected chi connectivity index (χ0v) is 8.62. The van der Waals surface area contributed by atoms with E-state index < -0.39 is 5.51 Å². The van der Waals surface area contributed by atoms with Crippen LogP contribution in [0.15, 0.2) is 22.8 Å². The van der Waals surface area contributed by atoms with E-state index in [0.717, 1.165) is 0 Å². The van der Waals surface area contributed by atoms with E-state index in [2.05, 4.69) is 47.2 Å². The Morgan fingerprint density at radius 2 is 1.56 bits per heavy atom. The SMILES string of the molecule is CC1=CP(C)(=[Se])C=C1C. The molecular formula is C7H11PSe. The van der Waals surface area contributed by atoms with E-state index in [0.29, 0.717) is 0 Å².